The molecule has 1 fully saturated rings. The van der Waals surface area contributed by atoms with Gasteiger partial charge in [-0.3, -0.25) is 0 Å². The summed E-state index contributed by atoms with van der Waals surface area (Å²) in [5, 5.41) is 0. The summed E-state index contributed by atoms with van der Waals surface area (Å²) < 4.78 is 22.9. The highest BCUT2D eigenvalue weighted by Gasteiger charge is 2.30. The van der Waals surface area contributed by atoms with E-state index in [1.54, 1.807) is 0 Å². The maximum Gasteiger partial charge on any atom is 0.152 e. The molecule has 0 aliphatic carbocycles. The van der Waals surface area contributed by atoms with Gasteiger partial charge in [-0.05, 0) is 5.56 Å². The van der Waals surface area contributed by atoms with Crippen molar-refractivity contribution < 1.29 is 8.42 Å². The monoisotopic (exact) mass is 282 g/mol. The average molecular weight is 282 g/mol. The molecule has 1 heterocycles. The van der Waals surface area contributed by atoms with Gasteiger partial charge >= 0.3 is 0 Å². The lowest BCUT2D eigenvalue weighted by Crippen LogP contribution is -2.49. The number of nitrogens with two attached hydrogens (primary N) is 1. The first-order valence-electron chi connectivity index (χ1n) is 6.64. The molecule has 1 aromatic rings. The number of benzene rings is 1. The molecule has 0 spiro atoms. The molecule has 5 heteroatoms. The van der Waals surface area contributed by atoms with E-state index in [1.165, 1.54) is 5.56 Å². The zero-order chi connectivity index (χ0) is 13.9. The fourth-order valence-electron chi connectivity index (χ4n) is 2.52. The summed E-state index contributed by atoms with van der Waals surface area (Å²) in [5.41, 5.74) is 7.06. The van der Waals surface area contributed by atoms with Gasteiger partial charge in [0.1, 0.15) is 0 Å². The van der Waals surface area contributed by atoms with Crippen molar-refractivity contribution in [2.75, 3.05) is 37.7 Å². The third-order valence-electron chi connectivity index (χ3n) is 3.93. The van der Waals surface area contributed by atoms with E-state index in [0.717, 1.165) is 6.54 Å². The maximum absolute atomic E-state index is 11.4. The van der Waals surface area contributed by atoms with Crippen molar-refractivity contribution in [3.8, 4) is 0 Å². The maximum atomic E-state index is 11.4. The van der Waals surface area contributed by atoms with Gasteiger partial charge in [0.15, 0.2) is 9.84 Å². The highest BCUT2D eigenvalue weighted by molar-refractivity contribution is 7.91. The molecule has 1 aliphatic heterocycles. The average Bonchev–Trinajstić information content (AvgIpc) is 2.42. The molecular weight excluding hydrogens is 260 g/mol. The van der Waals surface area contributed by atoms with E-state index in [-0.39, 0.29) is 16.9 Å². The summed E-state index contributed by atoms with van der Waals surface area (Å²) in [6.07, 6.45) is 0. The van der Waals surface area contributed by atoms with Gasteiger partial charge in [0, 0.05) is 31.6 Å². The smallest absolute Gasteiger partial charge is 0.152 e. The van der Waals surface area contributed by atoms with E-state index in [1.807, 2.05) is 18.2 Å². The zero-order valence-electron chi connectivity index (χ0n) is 11.4. The summed E-state index contributed by atoms with van der Waals surface area (Å²) >= 11 is 0. The zero-order valence-corrected chi connectivity index (χ0v) is 12.2. The Morgan fingerprint density at radius 3 is 2.32 bits per heavy atom. The van der Waals surface area contributed by atoms with Gasteiger partial charge in [-0.15, -0.1) is 0 Å². The lowest BCUT2D eigenvalue weighted by Gasteiger charge is -2.36. The van der Waals surface area contributed by atoms with E-state index in [0.29, 0.717) is 19.6 Å². The number of hydrogen-bond donors (Lipinski definition) is 1. The van der Waals surface area contributed by atoms with Crippen LogP contribution in [0, 0.1) is 0 Å². The van der Waals surface area contributed by atoms with Gasteiger partial charge in [-0.1, -0.05) is 37.3 Å². The summed E-state index contributed by atoms with van der Waals surface area (Å²) in [7, 11) is -2.82. The Balaban J connectivity index is 2.08. The summed E-state index contributed by atoms with van der Waals surface area (Å²) in [6.45, 7) is 4.74. The van der Waals surface area contributed by atoms with Crippen LogP contribution in [0.5, 0.6) is 0 Å². The van der Waals surface area contributed by atoms with Crippen LogP contribution in [0.3, 0.4) is 0 Å². The molecule has 1 unspecified atom stereocenters. The van der Waals surface area contributed by atoms with Gasteiger partial charge < -0.3 is 10.6 Å². The van der Waals surface area contributed by atoms with Gasteiger partial charge in [0.05, 0.1) is 11.5 Å². The lowest BCUT2D eigenvalue weighted by molar-refractivity contribution is 0.232. The van der Waals surface area contributed by atoms with E-state index >= 15 is 0 Å². The Hall–Kier alpha value is -0.910. The second-order valence-corrected chi connectivity index (χ2v) is 7.86. The Bertz CT molecular complexity index is 502. The molecule has 106 valence electrons. The quantitative estimate of drug-likeness (QED) is 0.880. The van der Waals surface area contributed by atoms with Crippen LogP contribution in [-0.2, 0) is 15.3 Å². The molecule has 19 heavy (non-hydrogen) atoms. The van der Waals surface area contributed by atoms with Crippen LogP contribution >= 0.6 is 0 Å². The minimum absolute atomic E-state index is 0.123. The van der Waals surface area contributed by atoms with Gasteiger partial charge in [0.2, 0.25) is 0 Å². The van der Waals surface area contributed by atoms with Crippen LogP contribution in [0.4, 0.5) is 0 Å². The first-order valence-corrected chi connectivity index (χ1v) is 8.46. The summed E-state index contributed by atoms with van der Waals surface area (Å²) in [4.78, 5) is 2.21. The van der Waals surface area contributed by atoms with Crippen molar-refractivity contribution in [1.29, 1.82) is 0 Å². The van der Waals surface area contributed by atoms with Crippen LogP contribution in [0.2, 0.25) is 0 Å². The predicted molar refractivity (Wildman–Crippen MR) is 77.9 cm³/mol. The highest BCUT2D eigenvalue weighted by Crippen LogP contribution is 2.24. The standard InChI is InChI=1S/C14H22N2O2S/c1-14(11-15,13-5-3-2-4-6-13)12-16-7-9-19(17,18)10-8-16/h2-6H,7-12,15H2,1H3. The Labute approximate surface area is 115 Å². The number of nitrogens with zero attached hydrogens (tertiary/aromatic N) is 1. The minimum atomic E-state index is -2.82. The Kier molecular flexibility index (Phi) is 4.28. The van der Waals surface area contributed by atoms with E-state index in [2.05, 4.69) is 24.0 Å². The molecule has 1 atom stereocenters. The lowest BCUT2D eigenvalue weighted by atomic mass is 9.82. The summed E-state index contributed by atoms with van der Waals surface area (Å²) in [6, 6.07) is 10.2. The van der Waals surface area contributed by atoms with E-state index in [4.69, 9.17) is 5.73 Å². The molecule has 0 aromatic heterocycles. The van der Waals surface area contributed by atoms with Crippen LogP contribution < -0.4 is 5.73 Å². The first kappa shape index (κ1) is 14.5. The third-order valence-corrected chi connectivity index (χ3v) is 5.54. The summed E-state index contributed by atoms with van der Waals surface area (Å²) in [5.74, 6) is 0.533. The number of rotatable bonds is 4. The molecule has 1 aromatic carbocycles. The van der Waals surface area contributed by atoms with Gasteiger partial charge in [-0.2, -0.15) is 0 Å². The Morgan fingerprint density at radius 2 is 1.79 bits per heavy atom. The number of sulfone groups is 1. The minimum Gasteiger partial charge on any atom is -0.330 e. The van der Waals surface area contributed by atoms with Crippen molar-refractivity contribution in [3.05, 3.63) is 35.9 Å². The van der Waals surface area contributed by atoms with Gasteiger partial charge in [0.25, 0.3) is 0 Å². The molecule has 2 N–H and O–H groups in total. The van der Waals surface area contributed by atoms with Crippen molar-refractivity contribution >= 4 is 9.84 Å². The van der Waals surface area contributed by atoms with E-state index in [9.17, 15) is 8.42 Å². The van der Waals surface area contributed by atoms with Crippen LogP contribution in [-0.4, -0.2) is 51.0 Å². The topological polar surface area (TPSA) is 63.4 Å². The Morgan fingerprint density at radius 1 is 1.21 bits per heavy atom. The molecule has 0 bridgehead atoms. The third kappa shape index (κ3) is 3.55. The van der Waals surface area contributed by atoms with Crippen LogP contribution in [0.1, 0.15) is 12.5 Å². The normalized spacial score (nSPS) is 22.8. The first-order chi connectivity index (χ1) is 8.95. The fraction of sp³-hybridized carbons (Fsp3) is 0.571. The second kappa shape index (κ2) is 5.61. The second-order valence-electron chi connectivity index (χ2n) is 5.56. The molecule has 1 saturated heterocycles. The van der Waals surface area contributed by atoms with E-state index < -0.39 is 9.84 Å². The van der Waals surface area contributed by atoms with Crippen molar-refractivity contribution in [2.45, 2.75) is 12.3 Å². The molecular formula is C14H22N2O2S. The predicted octanol–water partition coefficient (Wildman–Crippen LogP) is 0.633. The number of hydrogen-bond acceptors (Lipinski definition) is 4. The molecule has 0 radical (unpaired) electrons. The molecule has 0 saturated carbocycles. The van der Waals surface area contributed by atoms with Crippen LogP contribution in [0.25, 0.3) is 0 Å². The highest BCUT2D eigenvalue weighted by atomic mass is 32.2. The molecule has 4 nitrogen and oxygen atoms in total. The molecule has 0 amide bonds. The van der Waals surface area contributed by atoms with Gasteiger partial charge in [-0.25, -0.2) is 8.42 Å². The molecule has 2 rings (SSSR count). The fourth-order valence-corrected chi connectivity index (χ4v) is 3.79. The SMILES string of the molecule is CC(CN)(CN1CCS(=O)(=O)CC1)c1ccccc1. The van der Waals surface area contributed by atoms with Crippen molar-refractivity contribution in [1.82, 2.24) is 4.90 Å². The van der Waals surface area contributed by atoms with Crippen molar-refractivity contribution in [3.63, 3.8) is 0 Å². The van der Waals surface area contributed by atoms with Crippen LogP contribution in [0.15, 0.2) is 30.3 Å². The van der Waals surface area contributed by atoms with Crippen molar-refractivity contribution in [2.24, 2.45) is 5.73 Å². The molecule has 1 aliphatic rings. The largest absolute Gasteiger partial charge is 0.330 e.